The Bertz CT molecular complexity index is 6170. The number of carbonyl (C=O) groups excluding carboxylic acids is 2. The zero-order valence-electron chi connectivity index (χ0n) is 65.3. The molecule has 4 aliphatic rings. The first-order valence-corrected chi connectivity index (χ1v) is 41.4. The lowest BCUT2D eigenvalue weighted by molar-refractivity contribution is 0.0751. The third-order valence-corrected chi connectivity index (χ3v) is 22.7. The molecule has 0 radical (unpaired) electrons. The molecule has 1 amide bonds. The van der Waals surface area contributed by atoms with Gasteiger partial charge >= 0.3 is 0 Å². The fraction of sp³-hybridized carbons (Fsp3) is 0.222. The zero-order chi connectivity index (χ0) is 83.7. The van der Waals surface area contributed by atoms with E-state index in [1.807, 2.05) is 196 Å². The van der Waals surface area contributed by atoms with Gasteiger partial charge in [-0.1, -0.05) is 145 Å². The molecule has 30 heteroatoms. The van der Waals surface area contributed by atoms with E-state index in [1.165, 1.54) is 27.2 Å². The van der Waals surface area contributed by atoms with Gasteiger partial charge in [-0.3, -0.25) is 47.0 Å². The van der Waals surface area contributed by atoms with E-state index in [-0.39, 0.29) is 55.1 Å². The summed E-state index contributed by atoms with van der Waals surface area (Å²) in [4.78, 5) is 102. The van der Waals surface area contributed by atoms with Gasteiger partial charge in [0.25, 0.3) is 33.4 Å². The third-order valence-electron chi connectivity index (χ3n) is 20.3. The molecule has 120 heavy (non-hydrogen) atoms. The van der Waals surface area contributed by atoms with Crippen molar-refractivity contribution in [1.82, 2.24) is 64.4 Å². The molecule has 4 fully saturated rings. The standard InChI is InChI=1S/C25H21N5O2S.2C20H19N5O.C16H10ClN3O.C5H3ClOS.C4H10N2/c26-16-20-22(28-11-13-29(14-12-28)25(32)21-9-5-15-33-21)19-8-4-10-27-23(19)30(24(20)31)17-18-6-2-1-3-7-18;2*21-13-17-18(24-11-9-22-10-12-24)16-7-4-8-23-19(16)25(20(17)26)14-15-5-2-1-3-6-15;17-14-12-7-4-8-19-15(12)20(16(21)13(14)9-18)10-11-5-2-1-3-6-11;6-5(7)4-2-1-3-8-4;1-2-6-4-3-5-1/h1-10,15H,11-14,17H2;2*1-8,22H,9-12,14H2;1-8H,10H2;1-3H;5-6H,1-4H2. The summed E-state index contributed by atoms with van der Waals surface area (Å²) in [5, 5.41) is 58.3. The maximum atomic E-state index is 13.4. The third kappa shape index (κ3) is 20.1. The number of fused-ring (bicyclic) bond motifs is 4. The van der Waals surface area contributed by atoms with Crippen LogP contribution < -0.4 is 58.2 Å². The van der Waals surface area contributed by atoms with E-state index in [9.17, 15) is 49.8 Å². The van der Waals surface area contributed by atoms with E-state index in [2.05, 4.69) is 69.2 Å². The van der Waals surface area contributed by atoms with Gasteiger partial charge in [0, 0.05) is 151 Å². The number of rotatable bonds is 13. The van der Waals surface area contributed by atoms with Crippen LogP contribution in [0.15, 0.2) is 249 Å². The minimum absolute atomic E-state index is 0.0231. The molecule has 4 saturated heterocycles. The molecule has 0 spiro atoms. The second kappa shape index (κ2) is 41.7. The normalized spacial score (nSPS) is 13.7. The summed E-state index contributed by atoms with van der Waals surface area (Å²) in [5.74, 6) is 0.0231. The van der Waals surface area contributed by atoms with Crippen molar-refractivity contribution in [3.8, 4) is 24.3 Å². The molecule has 0 atom stereocenters. The molecular weight excluding hydrogens is 1590 g/mol. The molecule has 4 N–H and O–H groups in total. The van der Waals surface area contributed by atoms with Crippen LogP contribution in [0, 0.1) is 45.3 Å². The highest BCUT2D eigenvalue weighted by Gasteiger charge is 2.30. The number of amides is 1. The summed E-state index contributed by atoms with van der Waals surface area (Å²) < 4.78 is 6.27. The van der Waals surface area contributed by atoms with Crippen molar-refractivity contribution in [2.75, 3.05) is 119 Å². The SMILES string of the molecule is C1CNCCN1.N#Cc1c(Cl)c2cccnc2n(Cc2ccccc2)c1=O.N#Cc1c(N2CCN(C(=O)c3cccs3)CC2)c2cccnc2n(Cc2ccccc2)c1=O.N#Cc1c(N2CCNCC2)c2cccnc2n(Cc2ccccc2)c1=O.N#Cc1c(N2CCNCC2)c2cccnc2n(Cc2ccccc2)c1=O.O=C(Cl)c1cccs1. The number of thiophene rings is 2. The Morgan fingerprint density at radius 3 is 0.933 bits per heavy atom. The van der Waals surface area contributed by atoms with Crippen LogP contribution in [-0.2, 0) is 26.2 Å². The number of nitriles is 4. The van der Waals surface area contributed by atoms with Crippen LogP contribution in [0.4, 0.5) is 17.1 Å². The van der Waals surface area contributed by atoms with Gasteiger partial charge in [-0.25, -0.2) is 19.9 Å². The lowest BCUT2D eigenvalue weighted by atomic mass is 10.1. The Hall–Kier alpha value is -13.4. The van der Waals surface area contributed by atoms with E-state index in [0.29, 0.717) is 102 Å². The van der Waals surface area contributed by atoms with Crippen LogP contribution in [0.5, 0.6) is 0 Å². The number of anilines is 3. The number of piperazine rings is 4. The van der Waals surface area contributed by atoms with Gasteiger partial charge in [-0.2, -0.15) is 21.0 Å². The predicted octanol–water partition coefficient (Wildman–Crippen LogP) is 11.1. The van der Waals surface area contributed by atoms with Crippen molar-refractivity contribution < 1.29 is 9.59 Å². The van der Waals surface area contributed by atoms with Crippen LogP contribution in [-0.4, -0.2) is 159 Å². The van der Waals surface area contributed by atoms with Crippen LogP contribution in [0.2, 0.25) is 5.02 Å². The summed E-state index contributed by atoms with van der Waals surface area (Å²) in [6.07, 6.45) is 6.65. The second-order valence-electron chi connectivity index (χ2n) is 27.8. The smallest absolute Gasteiger partial charge is 0.272 e. The van der Waals surface area contributed by atoms with Crippen molar-refractivity contribution in [2.24, 2.45) is 0 Å². The Morgan fingerprint density at radius 2 is 0.642 bits per heavy atom. The van der Waals surface area contributed by atoms with Crippen LogP contribution in [0.25, 0.3) is 44.1 Å². The van der Waals surface area contributed by atoms with Crippen molar-refractivity contribution in [1.29, 1.82) is 21.0 Å². The van der Waals surface area contributed by atoms with Crippen molar-refractivity contribution in [2.45, 2.75) is 26.2 Å². The Balaban J connectivity index is 0.000000132. The number of aromatic nitrogens is 8. The lowest BCUT2D eigenvalue weighted by Crippen LogP contribution is -2.49. The van der Waals surface area contributed by atoms with Crippen molar-refractivity contribution >= 4 is 118 Å². The molecule has 0 bridgehead atoms. The minimum Gasteiger partial charge on any atom is -0.367 e. The number of pyridine rings is 8. The topological polar surface area (TPSA) is 330 Å². The average Bonchev–Trinajstić information content (AvgIpc) is 0.830. The lowest BCUT2D eigenvalue weighted by Gasteiger charge is -2.36. The van der Waals surface area contributed by atoms with E-state index in [1.54, 1.807) is 62.8 Å². The molecule has 14 aromatic rings. The minimum atomic E-state index is -0.419. The van der Waals surface area contributed by atoms with Crippen molar-refractivity contribution in [3.05, 3.63) is 330 Å². The largest absolute Gasteiger partial charge is 0.367 e. The Morgan fingerprint density at radius 1 is 0.350 bits per heavy atom. The number of carbonyl (C=O) groups is 2. The highest BCUT2D eigenvalue weighted by atomic mass is 35.5. The molecule has 0 aliphatic carbocycles. The number of halogens is 2. The first-order valence-electron chi connectivity index (χ1n) is 38.9. The highest BCUT2D eigenvalue weighted by molar-refractivity contribution is 7.14. The van der Waals surface area contributed by atoms with Gasteiger partial charge in [0.15, 0.2) is 0 Å². The summed E-state index contributed by atoms with van der Waals surface area (Å²) >= 11 is 14.0. The quantitative estimate of drug-likeness (QED) is 0.0779. The number of hydrogen-bond acceptors (Lipinski definition) is 23. The van der Waals surface area contributed by atoms with Crippen LogP contribution >= 0.6 is 45.9 Å². The van der Waals surface area contributed by atoms with Gasteiger partial charge in [0.1, 0.15) is 69.1 Å². The monoisotopic (exact) mass is 1670 g/mol. The van der Waals surface area contributed by atoms with E-state index in [4.69, 9.17) is 23.2 Å². The first-order chi connectivity index (χ1) is 58.8. The molecule has 18 rings (SSSR count). The summed E-state index contributed by atoms with van der Waals surface area (Å²) in [5.41, 5.74) is 7.36. The number of hydrogen-bond donors (Lipinski definition) is 4. The number of nitrogens with one attached hydrogen (secondary N) is 4. The molecular formula is C90H82Cl2N20O6S2. The Labute approximate surface area is 708 Å². The summed E-state index contributed by atoms with van der Waals surface area (Å²) in [6.45, 7) is 14.5. The van der Waals surface area contributed by atoms with Crippen LogP contribution in [0.3, 0.4) is 0 Å². The van der Waals surface area contributed by atoms with E-state index >= 15 is 0 Å². The first kappa shape index (κ1) is 84.6. The zero-order valence-corrected chi connectivity index (χ0v) is 68.4. The molecule has 604 valence electrons. The van der Waals surface area contributed by atoms with E-state index < -0.39 is 5.56 Å². The molecule has 4 aromatic carbocycles. The van der Waals surface area contributed by atoms with Gasteiger partial charge in [0.2, 0.25) is 0 Å². The summed E-state index contributed by atoms with van der Waals surface area (Å²) in [7, 11) is 0. The van der Waals surface area contributed by atoms with Gasteiger partial charge < -0.3 is 40.9 Å². The molecule has 10 aromatic heterocycles. The van der Waals surface area contributed by atoms with Crippen molar-refractivity contribution in [3.63, 3.8) is 0 Å². The molecule has 0 unspecified atom stereocenters. The second-order valence-corrected chi connectivity index (χ2v) is 30.4. The predicted molar refractivity (Wildman–Crippen MR) is 473 cm³/mol. The number of nitrogens with zero attached hydrogens (tertiary/aromatic N) is 16. The van der Waals surface area contributed by atoms with Crippen LogP contribution in [0.1, 0.15) is 63.9 Å². The maximum Gasteiger partial charge on any atom is 0.272 e. The number of benzene rings is 4. The van der Waals surface area contributed by atoms with Gasteiger partial charge in [0.05, 0.1) is 58.0 Å². The maximum absolute atomic E-state index is 13.4. The van der Waals surface area contributed by atoms with Gasteiger partial charge in [-0.05, 0) is 105 Å². The highest BCUT2D eigenvalue weighted by Crippen LogP contribution is 2.33. The molecule has 14 heterocycles. The fourth-order valence-electron chi connectivity index (χ4n) is 14.5. The molecule has 0 saturated carbocycles. The fourth-order valence-corrected chi connectivity index (χ4v) is 16.2. The van der Waals surface area contributed by atoms with Gasteiger partial charge in [-0.15, -0.1) is 22.7 Å². The molecule has 4 aliphatic heterocycles. The average molecular weight is 1670 g/mol. The summed E-state index contributed by atoms with van der Waals surface area (Å²) in [6, 6.07) is 69.1. The van der Waals surface area contributed by atoms with E-state index in [0.717, 1.165) is 122 Å². The Kier molecular flexibility index (Phi) is 29.3. The molecule has 26 nitrogen and oxygen atoms in total.